The van der Waals surface area contributed by atoms with Gasteiger partial charge in [-0.3, -0.25) is 0 Å². The van der Waals surface area contributed by atoms with Crippen molar-refractivity contribution in [2.45, 2.75) is 38.3 Å². The average Bonchev–Trinajstić information content (AvgIpc) is 2.84. The third-order valence-electron chi connectivity index (χ3n) is 3.17. The van der Waals surface area contributed by atoms with E-state index in [9.17, 15) is 4.79 Å². The van der Waals surface area contributed by atoms with Crippen LogP contribution in [0.1, 0.15) is 41.8 Å². The van der Waals surface area contributed by atoms with Crippen LogP contribution >= 0.6 is 0 Å². The number of carbonyl (C=O) groups is 1. The highest BCUT2D eigenvalue weighted by atomic mass is 16.5. The van der Waals surface area contributed by atoms with Gasteiger partial charge < -0.3 is 19.6 Å². The van der Waals surface area contributed by atoms with Crippen molar-refractivity contribution in [1.29, 1.82) is 0 Å². The van der Waals surface area contributed by atoms with E-state index >= 15 is 0 Å². The van der Waals surface area contributed by atoms with Crippen LogP contribution in [0.4, 0.5) is 0 Å². The second-order valence-corrected chi connectivity index (χ2v) is 4.53. The molecule has 1 unspecified atom stereocenters. The quantitative estimate of drug-likeness (QED) is 0.759. The third-order valence-corrected chi connectivity index (χ3v) is 3.17. The fourth-order valence-electron chi connectivity index (χ4n) is 2.18. The molecule has 2 N–H and O–H groups in total. The number of ether oxygens (including phenoxy) is 1. The zero-order valence-corrected chi connectivity index (χ0v) is 10.4. The molecule has 1 aromatic heterocycles. The van der Waals surface area contributed by atoms with Crippen LogP contribution in [-0.2, 0) is 11.3 Å². The molecule has 0 saturated carbocycles. The molecule has 2 rings (SSSR count). The highest BCUT2D eigenvalue weighted by Crippen LogP contribution is 2.15. The number of carboxylic acid groups (broad SMARTS) is 1. The van der Waals surface area contributed by atoms with E-state index in [0.29, 0.717) is 18.2 Å². The Morgan fingerprint density at radius 2 is 2.39 bits per heavy atom. The molecule has 1 atom stereocenters. The highest BCUT2D eigenvalue weighted by molar-refractivity contribution is 5.86. The van der Waals surface area contributed by atoms with Gasteiger partial charge in [-0.15, -0.1) is 0 Å². The van der Waals surface area contributed by atoms with Crippen LogP contribution in [-0.4, -0.2) is 30.3 Å². The van der Waals surface area contributed by atoms with Crippen LogP contribution < -0.4 is 5.32 Å². The Morgan fingerprint density at radius 3 is 3.11 bits per heavy atom. The van der Waals surface area contributed by atoms with Gasteiger partial charge >= 0.3 is 5.97 Å². The maximum absolute atomic E-state index is 10.8. The lowest BCUT2D eigenvalue weighted by atomic mass is 10.1. The van der Waals surface area contributed by atoms with Gasteiger partial charge in [-0.2, -0.15) is 0 Å². The Kier molecular flexibility index (Phi) is 4.78. The molecule has 5 nitrogen and oxygen atoms in total. The molecular formula is C13H19NO4. The summed E-state index contributed by atoms with van der Waals surface area (Å²) >= 11 is 0. The van der Waals surface area contributed by atoms with Crippen molar-refractivity contribution in [2.24, 2.45) is 0 Å². The number of nitrogens with one attached hydrogen (secondary N) is 1. The minimum absolute atomic E-state index is 0.0245. The molecule has 1 aliphatic heterocycles. The Hall–Kier alpha value is -1.33. The van der Waals surface area contributed by atoms with Gasteiger partial charge in [-0.05, 0) is 38.3 Å². The molecule has 1 saturated heterocycles. The lowest BCUT2D eigenvalue weighted by molar-refractivity contribution is 0.0115. The van der Waals surface area contributed by atoms with Crippen molar-refractivity contribution in [3.8, 4) is 0 Å². The zero-order chi connectivity index (χ0) is 12.8. The summed E-state index contributed by atoms with van der Waals surface area (Å²) in [5.74, 6) is -0.996. The van der Waals surface area contributed by atoms with E-state index in [0.717, 1.165) is 26.0 Å². The number of furan rings is 1. The van der Waals surface area contributed by atoms with Gasteiger partial charge in [0.05, 0.1) is 12.4 Å². The molecule has 18 heavy (non-hydrogen) atoms. The van der Waals surface area contributed by atoms with Crippen molar-refractivity contribution in [1.82, 2.24) is 5.32 Å². The number of carboxylic acids is 1. The Balaban J connectivity index is 1.68. The van der Waals surface area contributed by atoms with Gasteiger partial charge in [0.2, 0.25) is 5.76 Å². The first kappa shape index (κ1) is 13.1. The molecular weight excluding hydrogens is 234 g/mol. The summed E-state index contributed by atoms with van der Waals surface area (Å²) in [6.45, 7) is 2.22. The van der Waals surface area contributed by atoms with Crippen LogP contribution in [0.5, 0.6) is 0 Å². The highest BCUT2D eigenvalue weighted by Gasteiger charge is 2.15. The van der Waals surface area contributed by atoms with Gasteiger partial charge in [0, 0.05) is 18.7 Å². The van der Waals surface area contributed by atoms with Gasteiger partial charge in [0.1, 0.15) is 0 Å². The molecule has 5 heteroatoms. The zero-order valence-electron chi connectivity index (χ0n) is 10.4. The van der Waals surface area contributed by atoms with Gasteiger partial charge in [0.15, 0.2) is 0 Å². The molecule has 100 valence electrons. The average molecular weight is 253 g/mol. The minimum Gasteiger partial charge on any atom is -0.475 e. The summed E-state index contributed by atoms with van der Waals surface area (Å²) in [6.07, 6.45) is 6.28. The number of hydrogen-bond acceptors (Lipinski definition) is 4. The smallest absolute Gasteiger partial charge is 0.372 e. The fourth-order valence-corrected chi connectivity index (χ4v) is 2.18. The Bertz CT molecular complexity index is 382. The molecule has 1 aromatic rings. The summed E-state index contributed by atoms with van der Waals surface area (Å²) in [4.78, 5) is 10.8. The third kappa shape index (κ3) is 3.58. The van der Waals surface area contributed by atoms with Crippen molar-refractivity contribution >= 4 is 5.97 Å². The lowest BCUT2D eigenvalue weighted by Gasteiger charge is -2.22. The molecule has 2 heterocycles. The first-order valence-electron chi connectivity index (χ1n) is 6.39. The van der Waals surface area contributed by atoms with Gasteiger partial charge in [-0.1, -0.05) is 0 Å². The molecule has 0 bridgehead atoms. The molecule has 1 aliphatic rings. The van der Waals surface area contributed by atoms with E-state index in [1.807, 2.05) is 0 Å². The predicted octanol–water partition coefficient (Wildman–Crippen LogP) is 2.03. The molecule has 0 spiro atoms. The first-order chi connectivity index (χ1) is 8.77. The monoisotopic (exact) mass is 253 g/mol. The Morgan fingerprint density at radius 1 is 1.50 bits per heavy atom. The molecule has 0 aromatic carbocycles. The molecule has 0 radical (unpaired) electrons. The second kappa shape index (κ2) is 6.56. The first-order valence-corrected chi connectivity index (χ1v) is 6.39. The van der Waals surface area contributed by atoms with E-state index < -0.39 is 5.97 Å². The van der Waals surface area contributed by atoms with Gasteiger partial charge in [-0.25, -0.2) is 4.79 Å². The standard InChI is InChI=1S/C13H19NO4/c15-13(16)12-10(5-8-18-12)9-14-6-4-11-3-1-2-7-17-11/h5,8,11,14H,1-4,6-7,9H2,(H,15,16). The maximum Gasteiger partial charge on any atom is 0.372 e. The molecule has 0 amide bonds. The summed E-state index contributed by atoms with van der Waals surface area (Å²) in [5, 5.41) is 12.1. The summed E-state index contributed by atoms with van der Waals surface area (Å²) < 4.78 is 10.5. The number of aromatic carboxylic acids is 1. The molecule has 1 fully saturated rings. The maximum atomic E-state index is 10.8. The van der Waals surface area contributed by atoms with E-state index in [2.05, 4.69) is 5.32 Å². The van der Waals surface area contributed by atoms with Crippen molar-refractivity contribution < 1.29 is 19.1 Å². The SMILES string of the molecule is O=C(O)c1occc1CNCCC1CCCCO1. The fraction of sp³-hybridized carbons (Fsp3) is 0.615. The normalized spacial score (nSPS) is 19.9. The summed E-state index contributed by atoms with van der Waals surface area (Å²) in [5.41, 5.74) is 0.687. The van der Waals surface area contributed by atoms with E-state index in [1.165, 1.54) is 19.1 Å². The van der Waals surface area contributed by atoms with Crippen molar-refractivity contribution in [3.63, 3.8) is 0 Å². The topological polar surface area (TPSA) is 71.7 Å². The van der Waals surface area contributed by atoms with Crippen molar-refractivity contribution in [2.75, 3.05) is 13.2 Å². The van der Waals surface area contributed by atoms with Crippen LogP contribution in [0.25, 0.3) is 0 Å². The summed E-state index contributed by atoms with van der Waals surface area (Å²) in [7, 11) is 0. The van der Waals surface area contributed by atoms with Crippen LogP contribution in [0.3, 0.4) is 0 Å². The molecule has 0 aliphatic carbocycles. The predicted molar refractivity (Wildman–Crippen MR) is 65.6 cm³/mol. The van der Waals surface area contributed by atoms with Crippen molar-refractivity contribution in [3.05, 3.63) is 23.7 Å². The van der Waals surface area contributed by atoms with Crippen LogP contribution in [0.2, 0.25) is 0 Å². The van der Waals surface area contributed by atoms with Gasteiger partial charge in [0.25, 0.3) is 0 Å². The largest absolute Gasteiger partial charge is 0.475 e. The number of rotatable bonds is 6. The van der Waals surface area contributed by atoms with Crippen LogP contribution in [0.15, 0.2) is 16.7 Å². The number of hydrogen-bond donors (Lipinski definition) is 2. The lowest BCUT2D eigenvalue weighted by Crippen LogP contribution is -2.25. The van der Waals surface area contributed by atoms with Crippen LogP contribution in [0, 0.1) is 0 Å². The van der Waals surface area contributed by atoms with E-state index in [1.54, 1.807) is 6.07 Å². The minimum atomic E-state index is -1.02. The van der Waals surface area contributed by atoms with E-state index in [4.69, 9.17) is 14.3 Å². The summed E-state index contributed by atoms with van der Waals surface area (Å²) in [6, 6.07) is 1.69. The van der Waals surface area contributed by atoms with E-state index in [-0.39, 0.29) is 5.76 Å². The Labute approximate surface area is 106 Å². The second-order valence-electron chi connectivity index (χ2n) is 4.53.